The Morgan fingerprint density at radius 3 is 2.50 bits per heavy atom. The maximum absolute atomic E-state index is 13.8. The average Bonchev–Trinajstić information content (AvgIpc) is 3.34. The highest BCUT2D eigenvalue weighted by Crippen LogP contribution is 2.57. The van der Waals surface area contributed by atoms with Gasteiger partial charge in [0.15, 0.2) is 22.9 Å². The van der Waals surface area contributed by atoms with Crippen molar-refractivity contribution in [3.05, 3.63) is 47.0 Å². The number of amides is 1. The van der Waals surface area contributed by atoms with Gasteiger partial charge in [-0.3, -0.25) is 14.4 Å². The van der Waals surface area contributed by atoms with Gasteiger partial charge in [0.1, 0.15) is 17.4 Å². The summed E-state index contributed by atoms with van der Waals surface area (Å²) in [4.78, 5) is 38.8. The molecule has 0 saturated heterocycles. The quantitative estimate of drug-likeness (QED) is 0.302. The predicted molar refractivity (Wildman–Crippen MR) is 129 cm³/mol. The summed E-state index contributed by atoms with van der Waals surface area (Å²) in [6.07, 6.45) is -3.62. The number of hydrogen-bond donors (Lipinski definition) is 6. The van der Waals surface area contributed by atoms with E-state index in [1.165, 1.54) is 6.07 Å². The second kappa shape index (κ2) is 8.03. The van der Waals surface area contributed by atoms with Gasteiger partial charge < -0.3 is 40.7 Å². The van der Waals surface area contributed by atoms with Gasteiger partial charge in [0, 0.05) is 17.4 Å². The Hall–Kier alpha value is -3.93. The van der Waals surface area contributed by atoms with Crippen molar-refractivity contribution < 1.29 is 49.4 Å². The van der Waals surface area contributed by atoms with Crippen LogP contribution < -0.4 is 15.2 Å². The van der Waals surface area contributed by atoms with Crippen molar-refractivity contribution in [2.75, 3.05) is 6.79 Å². The summed E-state index contributed by atoms with van der Waals surface area (Å²) in [5.74, 6) is -8.82. The fourth-order valence-corrected chi connectivity index (χ4v) is 6.70. The molecule has 7 atom stereocenters. The van der Waals surface area contributed by atoms with E-state index in [-0.39, 0.29) is 18.1 Å². The summed E-state index contributed by atoms with van der Waals surface area (Å²) in [6.45, 7) is 1.76. The maximum atomic E-state index is 13.8. The maximum Gasteiger partial charge on any atom is 0.231 e. The first-order valence-electron chi connectivity index (χ1n) is 12.1. The minimum absolute atomic E-state index is 0.0671. The van der Waals surface area contributed by atoms with Crippen molar-refractivity contribution in [3.63, 3.8) is 0 Å². The van der Waals surface area contributed by atoms with Crippen LogP contribution in [0.15, 0.2) is 35.9 Å². The topological polar surface area (TPSA) is 197 Å². The van der Waals surface area contributed by atoms with Gasteiger partial charge in [-0.1, -0.05) is 19.1 Å². The van der Waals surface area contributed by atoms with Crippen molar-refractivity contribution in [1.82, 2.24) is 0 Å². The number of phenols is 1. The van der Waals surface area contributed by atoms with Crippen molar-refractivity contribution >= 4 is 23.2 Å². The lowest BCUT2D eigenvalue weighted by atomic mass is 9.53. The standard InChI is InChI=1S/C27H25NO10/c1-9-17-11(10-2-5-15-16(6-10)38-8-37-15)3-4-13(29)19(17)23(32)21-18(9)22(31)12-7-14(30)20(26(28)35)24(33)27(12,36)25(21)34/h2-6,9,12,14,18,20,22,29-32,36H,7-8H2,1H3,(H2,28,35)/t9-,12+,14?,18+,20?,22+,27+/m0/s1. The number of nitrogens with two attached hydrogens (primary N) is 1. The van der Waals surface area contributed by atoms with E-state index >= 15 is 0 Å². The number of rotatable bonds is 2. The number of phenolic OH excluding ortho intramolecular Hbond substituents is 1. The third kappa shape index (κ3) is 2.97. The first-order chi connectivity index (χ1) is 18.0. The largest absolute Gasteiger partial charge is 0.507 e. The molecule has 0 aromatic heterocycles. The first-order valence-corrected chi connectivity index (χ1v) is 12.1. The molecule has 2 saturated carbocycles. The molecule has 11 nitrogen and oxygen atoms in total. The Bertz CT molecular complexity index is 1460. The van der Waals surface area contributed by atoms with E-state index in [0.717, 1.165) is 0 Å². The van der Waals surface area contributed by atoms with Gasteiger partial charge >= 0.3 is 0 Å². The molecule has 198 valence electrons. The molecule has 1 aliphatic heterocycles. The lowest BCUT2D eigenvalue weighted by Crippen LogP contribution is -2.70. The number of hydrogen-bond acceptors (Lipinski definition) is 10. The number of ether oxygens (including phenoxy) is 2. The number of ketones is 2. The molecule has 2 aromatic rings. The van der Waals surface area contributed by atoms with Crippen molar-refractivity contribution in [2.45, 2.75) is 37.1 Å². The minimum atomic E-state index is -2.89. The Labute approximate surface area is 215 Å². The van der Waals surface area contributed by atoms with Crippen LogP contribution in [-0.4, -0.2) is 67.6 Å². The molecule has 1 heterocycles. The molecule has 0 radical (unpaired) electrons. The smallest absolute Gasteiger partial charge is 0.231 e. The minimum Gasteiger partial charge on any atom is -0.507 e. The van der Waals surface area contributed by atoms with Crippen LogP contribution in [0.3, 0.4) is 0 Å². The van der Waals surface area contributed by atoms with Crippen molar-refractivity contribution in [1.29, 1.82) is 0 Å². The van der Waals surface area contributed by atoms with Crippen molar-refractivity contribution in [2.24, 2.45) is 23.5 Å². The first kappa shape index (κ1) is 24.4. The van der Waals surface area contributed by atoms with Gasteiger partial charge in [0.05, 0.1) is 17.8 Å². The lowest BCUT2D eigenvalue weighted by molar-refractivity contribution is -0.186. The van der Waals surface area contributed by atoms with Crippen LogP contribution in [0.4, 0.5) is 0 Å². The fourth-order valence-electron chi connectivity index (χ4n) is 6.70. The van der Waals surface area contributed by atoms with Crippen molar-refractivity contribution in [3.8, 4) is 28.4 Å². The lowest BCUT2D eigenvalue weighted by Gasteiger charge is -2.52. The number of aromatic hydroxyl groups is 1. The van der Waals surface area contributed by atoms with E-state index in [2.05, 4.69) is 0 Å². The molecule has 38 heavy (non-hydrogen) atoms. The number of carbonyl (C=O) groups excluding carboxylic acids is 3. The molecule has 3 aliphatic carbocycles. The van der Waals surface area contributed by atoms with Gasteiger partial charge in [0.2, 0.25) is 18.5 Å². The number of aliphatic hydroxyl groups excluding tert-OH is 3. The van der Waals surface area contributed by atoms with Crippen LogP contribution in [-0.2, 0) is 14.4 Å². The normalized spacial score (nSPS) is 33.5. The third-order valence-corrected chi connectivity index (χ3v) is 8.48. The Morgan fingerprint density at radius 2 is 1.79 bits per heavy atom. The van der Waals surface area contributed by atoms with Crippen LogP contribution in [0, 0.1) is 17.8 Å². The third-order valence-electron chi connectivity index (χ3n) is 8.48. The summed E-state index contributed by atoms with van der Waals surface area (Å²) in [5, 5.41) is 55.5. The van der Waals surface area contributed by atoms with Gasteiger partial charge in [-0.15, -0.1) is 0 Å². The van der Waals surface area contributed by atoms with E-state index in [1.807, 2.05) is 0 Å². The van der Waals surface area contributed by atoms with Crippen LogP contribution in [0.5, 0.6) is 17.2 Å². The van der Waals surface area contributed by atoms with Crippen LogP contribution in [0.2, 0.25) is 0 Å². The second-order valence-corrected chi connectivity index (χ2v) is 10.3. The highest BCUT2D eigenvalue weighted by Gasteiger charge is 2.67. The van der Waals surface area contributed by atoms with Gasteiger partial charge in [-0.2, -0.15) is 0 Å². The Kier molecular flexibility index (Phi) is 5.16. The molecule has 2 unspecified atom stereocenters. The molecule has 7 N–H and O–H groups in total. The molecular weight excluding hydrogens is 498 g/mol. The highest BCUT2D eigenvalue weighted by atomic mass is 16.7. The van der Waals surface area contributed by atoms with Gasteiger partial charge in [0.25, 0.3) is 0 Å². The van der Waals surface area contributed by atoms with Crippen LogP contribution >= 0.6 is 0 Å². The second-order valence-electron chi connectivity index (χ2n) is 10.3. The number of carbonyl (C=O) groups is 3. The van der Waals surface area contributed by atoms with Gasteiger partial charge in [-0.25, -0.2) is 0 Å². The van der Waals surface area contributed by atoms with E-state index < -0.39 is 76.7 Å². The number of benzene rings is 2. The zero-order valence-corrected chi connectivity index (χ0v) is 20.1. The number of fused-ring (bicyclic) bond motifs is 4. The highest BCUT2D eigenvalue weighted by molar-refractivity contribution is 6.25. The van der Waals surface area contributed by atoms with Gasteiger partial charge in [-0.05, 0) is 47.2 Å². The summed E-state index contributed by atoms with van der Waals surface area (Å²) in [6, 6.07) is 8.20. The zero-order chi connectivity index (χ0) is 27.3. The summed E-state index contributed by atoms with van der Waals surface area (Å²) in [5.41, 5.74) is 3.56. The molecule has 0 spiro atoms. The molecule has 0 bridgehead atoms. The van der Waals surface area contributed by atoms with E-state index in [0.29, 0.717) is 28.2 Å². The Balaban J connectivity index is 1.56. The van der Waals surface area contributed by atoms with Crippen LogP contribution in [0.25, 0.3) is 16.9 Å². The molecule has 6 rings (SSSR count). The Morgan fingerprint density at radius 1 is 1.08 bits per heavy atom. The predicted octanol–water partition coefficient (Wildman–Crippen LogP) is 0.516. The molecule has 1 amide bonds. The van der Waals surface area contributed by atoms with E-state index in [4.69, 9.17) is 15.2 Å². The molecule has 2 fully saturated rings. The van der Waals surface area contributed by atoms with Crippen LogP contribution in [0.1, 0.15) is 30.4 Å². The molecule has 11 heteroatoms. The summed E-state index contributed by atoms with van der Waals surface area (Å²) < 4.78 is 10.9. The SMILES string of the molecule is C[C@H]1c2c(-c3ccc4c(c3)OCO4)ccc(O)c2C(O)=C2C(=O)[C@]3(O)C(=O)C(C(N)=O)C(O)C[C@@H]3[C@@H](O)[C@@H]21. The summed E-state index contributed by atoms with van der Waals surface area (Å²) in [7, 11) is 0. The molecule has 2 aromatic carbocycles. The number of Topliss-reactive ketones (excluding diaryl/α,β-unsaturated/α-hetero) is 2. The monoisotopic (exact) mass is 523 g/mol. The fraction of sp³-hybridized carbons (Fsp3) is 0.370. The molecule has 4 aliphatic rings. The number of aliphatic hydroxyl groups is 4. The average molecular weight is 523 g/mol. The van der Waals surface area contributed by atoms with E-state index in [9.17, 15) is 39.9 Å². The van der Waals surface area contributed by atoms with E-state index in [1.54, 1.807) is 31.2 Å². The summed E-state index contributed by atoms with van der Waals surface area (Å²) >= 11 is 0. The molecular formula is C27H25NO10. The zero-order valence-electron chi connectivity index (χ0n) is 20.1. The number of primary amides is 1.